The van der Waals surface area contributed by atoms with Gasteiger partial charge in [-0.3, -0.25) is 14.5 Å². The van der Waals surface area contributed by atoms with E-state index in [0.717, 1.165) is 53.0 Å². The van der Waals surface area contributed by atoms with Crippen molar-refractivity contribution >= 4 is 11.8 Å². The molecule has 0 saturated carbocycles. The number of hydrogen-bond donors (Lipinski definition) is 2. The van der Waals surface area contributed by atoms with Crippen molar-refractivity contribution in [3.63, 3.8) is 0 Å². The average molecular weight is 668 g/mol. The zero-order valence-electron chi connectivity index (χ0n) is 26.5. The fourth-order valence-electron chi connectivity index (χ4n) is 6.58. The first kappa shape index (κ1) is 34.1. The molecule has 2 amide bonds. The molecule has 6 rings (SSSR count). The van der Waals surface area contributed by atoms with E-state index in [0.29, 0.717) is 31.0 Å². The van der Waals surface area contributed by atoms with Crippen LogP contribution < -0.4 is 5.32 Å². The summed E-state index contributed by atoms with van der Waals surface area (Å²) in [5.74, 6) is -2.58. The Morgan fingerprint density at radius 1 is 0.875 bits per heavy atom. The summed E-state index contributed by atoms with van der Waals surface area (Å²) in [6, 6.07) is 22.1. The fourth-order valence-corrected chi connectivity index (χ4v) is 6.58. The van der Waals surface area contributed by atoms with Gasteiger partial charge in [-0.25, -0.2) is 0 Å². The zero-order valence-corrected chi connectivity index (χ0v) is 26.5. The molecule has 48 heavy (non-hydrogen) atoms. The number of aliphatic hydroxyl groups excluding tert-OH is 1. The number of amides is 2. The topological polar surface area (TPSA) is 101 Å². The number of alkyl halides is 3. The van der Waals surface area contributed by atoms with Crippen molar-refractivity contribution in [2.45, 2.75) is 63.1 Å². The molecule has 4 atom stereocenters. The van der Waals surface area contributed by atoms with Crippen molar-refractivity contribution in [2.75, 3.05) is 39.4 Å². The van der Waals surface area contributed by atoms with Gasteiger partial charge in [0, 0.05) is 44.7 Å². The molecule has 2 N–H and O–H groups in total. The van der Waals surface area contributed by atoms with E-state index in [1.807, 2.05) is 72.8 Å². The quantitative estimate of drug-likeness (QED) is 0.335. The molecule has 12 heteroatoms. The van der Waals surface area contributed by atoms with E-state index >= 15 is 0 Å². The summed E-state index contributed by atoms with van der Waals surface area (Å²) in [5.41, 5.74) is 5.26. The minimum atomic E-state index is -5.02. The smallest absolute Gasteiger partial charge is 0.392 e. The molecule has 0 bridgehead atoms. The van der Waals surface area contributed by atoms with E-state index in [9.17, 15) is 27.9 Å². The van der Waals surface area contributed by atoms with Gasteiger partial charge in [-0.1, -0.05) is 60.7 Å². The first-order chi connectivity index (χ1) is 23.2. The van der Waals surface area contributed by atoms with Gasteiger partial charge in [0.2, 0.25) is 5.91 Å². The molecule has 9 nitrogen and oxygen atoms in total. The molecule has 0 radical (unpaired) electrons. The molecule has 0 aliphatic carbocycles. The predicted molar refractivity (Wildman–Crippen MR) is 170 cm³/mol. The summed E-state index contributed by atoms with van der Waals surface area (Å²) in [7, 11) is 0. The normalized spacial score (nSPS) is 23.6. The van der Waals surface area contributed by atoms with Gasteiger partial charge >= 0.3 is 12.1 Å². The number of hydrogen-bond acceptors (Lipinski definition) is 7. The molecular formula is C36H40F3N3O6. The van der Waals surface area contributed by atoms with Crippen LogP contribution in [0, 0.1) is 0 Å². The van der Waals surface area contributed by atoms with Gasteiger partial charge < -0.3 is 29.5 Å². The number of halogens is 3. The molecule has 256 valence electrons. The largest absolute Gasteiger partial charge is 0.471 e. The van der Waals surface area contributed by atoms with Crippen LogP contribution in [0.25, 0.3) is 11.1 Å². The summed E-state index contributed by atoms with van der Waals surface area (Å²) in [4.78, 5) is 27.6. The van der Waals surface area contributed by atoms with E-state index in [2.05, 4.69) is 10.2 Å². The second-order valence-corrected chi connectivity index (χ2v) is 12.5. The van der Waals surface area contributed by atoms with Gasteiger partial charge in [-0.15, -0.1) is 0 Å². The van der Waals surface area contributed by atoms with Crippen LogP contribution in [0.2, 0.25) is 0 Å². The van der Waals surface area contributed by atoms with E-state index in [4.69, 9.17) is 14.2 Å². The summed E-state index contributed by atoms with van der Waals surface area (Å²) in [5, 5.41) is 12.2. The SMILES string of the molecule is O=C(NCc1cccc(-c2cccc(C3OC(CN4CCOCC4)CC(c4ccc(CO)cc4)O3)c2)c1)C1CCCN1C(=O)C(F)(F)F. The maximum Gasteiger partial charge on any atom is 0.471 e. The van der Waals surface area contributed by atoms with Crippen LogP contribution in [-0.4, -0.2) is 84.4 Å². The Balaban J connectivity index is 1.16. The van der Waals surface area contributed by atoms with Crippen molar-refractivity contribution in [2.24, 2.45) is 0 Å². The summed E-state index contributed by atoms with van der Waals surface area (Å²) < 4.78 is 57.7. The molecular weight excluding hydrogens is 627 g/mol. The van der Waals surface area contributed by atoms with Crippen molar-refractivity contribution in [1.82, 2.24) is 15.1 Å². The lowest BCUT2D eigenvalue weighted by atomic mass is 9.98. The number of aliphatic hydroxyl groups is 1. The van der Waals surface area contributed by atoms with Gasteiger partial charge in [-0.2, -0.15) is 13.2 Å². The second-order valence-electron chi connectivity index (χ2n) is 12.5. The third kappa shape index (κ3) is 8.24. The monoisotopic (exact) mass is 667 g/mol. The maximum atomic E-state index is 13.0. The Hall–Kier alpha value is -3.81. The lowest BCUT2D eigenvalue weighted by Crippen LogP contribution is -2.50. The molecule has 3 saturated heterocycles. The highest BCUT2D eigenvalue weighted by molar-refractivity contribution is 5.90. The molecule has 0 aromatic heterocycles. The van der Waals surface area contributed by atoms with Gasteiger partial charge in [0.1, 0.15) is 6.04 Å². The van der Waals surface area contributed by atoms with Gasteiger partial charge in [-0.05, 0) is 52.8 Å². The molecule has 3 aliphatic rings. The van der Waals surface area contributed by atoms with Crippen LogP contribution in [0.1, 0.15) is 53.9 Å². The van der Waals surface area contributed by atoms with Crippen LogP contribution in [0.3, 0.4) is 0 Å². The number of nitrogens with zero attached hydrogens (tertiary/aromatic N) is 2. The Morgan fingerprint density at radius 2 is 1.60 bits per heavy atom. The molecule has 3 aliphatic heterocycles. The molecule has 3 aromatic rings. The molecule has 3 fully saturated rings. The lowest BCUT2D eigenvalue weighted by molar-refractivity contribution is -0.253. The molecule has 3 heterocycles. The highest BCUT2D eigenvalue weighted by Crippen LogP contribution is 2.39. The zero-order chi connectivity index (χ0) is 33.7. The molecule has 4 unspecified atom stereocenters. The Bertz CT molecular complexity index is 1560. The Morgan fingerprint density at radius 3 is 2.33 bits per heavy atom. The summed E-state index contributed by atoms with van der Waals surface area (Å²) in [6.07, 6.45) is -4.72. The van der Waals surface area contributed by atoms with E-state index < -0.39 is 30.3 Å². The van der Waals surface area contributed by atoms with Gasteiger partial charge in [0.05, 0.1) is 32.0 Å². The molecule has 3 aromatic carbocycles. The standard InChI is InChI=1S/C36H40F3N3O6/c37-36(38,39)35(45)42-13-3-8-31(42)33(44)40-21-25-4-1-5-27(18-25)28-6-2-7-29(19-28)34-47-30(22-41-14-16-46-17-15-41)20-32(48-34)26-11-9-24(23-43)10-12-26/h1-2,4-7,9-12,18-19,30-32,34,43H,3,8,13-17,20-23H2,(H,40,44). The van der Waals surface area contributed by atoms with Crippen LogP contribution in [-0.2, 0) is 37.0 Å². The maximum absolute atomic E-state index is 13.0. The van der Waals surface area contributed by atoms with Crippen molar-refractivity contribution in [3.8, 4) is 11.1 Å². The number of rotatable bonds is 9. The number of ether oxygens (including phenoxy) is 3. The Kier molecular flexibility index (Phi) is 10.8. The first-order valence-electron chi connectivity index (χ1n) is 16.3. The number of likely N-dealkylation sites (tertiary alicyclic amines) is 1. The minimum absolute atomic E-state index is 0.0281. The number of morpholine rings is 1. The average Bonchev–Trinajstić information content (AvgIpc) is 3.60. The van der Waals surface area contributed by atoms with Crippen LogP contribution in [0.4, 0.5) is 13.2 Å². The third-order valence-electron chi connectivity index (χ3n) is 9.13. The third-order valence-corrected chi connectivity index (χ3v) is 9.13. The van der Waals surface area contributed by atoms with E-state index in [-0.39, 0.29) is 38.3 Å². The predicted octanol–water partition coefficient (Wildman–Crippen LogP) is 4.89. The molecule has 0 spiro atoms. The Labute approximate surface area is 277 Å². The lowest BCUT2D eigenvalue weighted by Gasteiger charge is -2.39. The van der Waals surface area contributed by atoms with Gasteiger partial charge in [0.25, 0.3) is 0 Å². The highest BCUT2D eigenvalue weighted by Gasteiger charge is 2.47. The summed E-state index contributed by atoms with van der Waals surface area (Å²) in [6.45, 7) is 3.81. The van der Waals surface area contributed by atoms with E-state index in [1.54, 1.807) is 0 Å². The number of carbonyl (C=O) groups excluding carboxylic acids is 2. The van der Waals surface area contributed by atoms with Crippen LogP contribution in [0.15, 0.2) is 72.8 Å². The number of nitrogens with one attached hydrogen (secondary N) is 1. The van der Waals surface area contributed by atoms with Crippen molar-refractivity contribution in [3.05, 3.63) is 95.1 Å². The number of carbonyl (C=O) groups is 2. The van der Waals surface area contributed by atoms with Crippen molar-refractivity contribution < 1.29 is 42.1 Å². The second kappa shape index (κ2) is 15.2. The van der Waals surface area contributed by atoms with E-state index in [1.165, 1.54) is 0 Å². The fraction of sp³-hybridized carbons (Fsp3) is 0.444. The first-order valence-corrected chi connectivity index (χ1v) is 16.3. The highest BCUT2D eigenvalue weighted by atomic mass is 19.4. The summed E-state index contributed by atoms with van der Waals surface area (Å²) >= 11 is 0. The minimum Gasteiger partial charge on any atom is -0.392 e. The van der Waals surface area contributed by atoms with Crippen LogP contribution in [0.5, 0.6) is 0 Å². The van der Waals surface area contributed by atoms with Crippen LogP contribution >= 0.6 is 0 Å². The van der Waals surface area contributed by atoms with Gasteiger partial charge in [0.15, 0.2) is 6.29 Å². The van der Waals surface area contributed by atoms with Crippen molar-refractivity contribution in [1.29, 1.82) is 0 Å². The number of benzene rings is 3.